The Balaban J connectivity index is 1.28. The SMILES string of the molecule is Fc1ccc(-c2cnc(CN3CCC[C@@H](c4nc5ccccc5s4)C3)o2)cc1. The summed E-state index contributed by atoms with van der Waals surface area (Å²) >= 11 is 1.81. The minimum atomic E-state index is -0.252. The lowest BCUT2D eigenvalue weighted by Gasteiger charge is -2.30. The molecule has 0 amide bonds. The van der Waals surface area contributed by atoms with E-state index in [0.717, 1.165) is 30.6 Å². The predicted octanol–water partition coefficient (Wildman–Crippen LogP) is 5.47. The molecular weight excluding hydrogens is 373 g/mol. The van der Waals surface area contributed by atoms with E-state index >= 15 is 0 Å². The van der Waals surface area contributed by atoms with Gasteiger partial charge in [-0.3, -0.25) is 4.90 Å². The van der Waals surface area contributed by atoms with Gasteiger partial charge in [0.1, 0.15) is 5.82 Å². The van der Waals surface area contributed by atoms with Gasteiger partial charge in [0.15, 0.2) is 5.76 Å². The van der Waals surface area contributed by atoms with Crippen LogP contribution in [0.4, 0.5) is 4.39 Å². The van der Waals surface area contributed by atoms with E-state index in [2.05, 4.69) is 28.1 Å². The molecule has 5 rings (SSSR count). The summed E-state index contributed by atoms with van der Waals surface area (Å²) in [6.45, 7) is 2.69. The average Bonchev–Trinajstić information content (AvgIpc) is 3.36. The molecule has 1 atom stereocenters. The van der Waals surface area contributed by atoms with Crippen LogP contribution in [0.15, 0.2) is 59.1 Å². The number of hydrogen-bond donors (Lipinski definition) is 0. The number of piperidine rings is 1. The van der Waals surface area contributed by atoms with E-state index in [0.29, 0.717) is 24.1 Å². The Bertz CT molecular complexity index is 1060. The zero-order chi connectivity index (χ0) is 18.9. The highest BCUT2D eigenvalue weighted by atomic mass is 32.1. The van der Waals surface area contributed by atoms with Crippen molar-refractivity contribution in [3.05, 3.63) is 71.4 Å². The molecule has 142 valence electrons. The molecule has 0 bridgehead atoms. The van der Waals surface area contributed by atoms with Gasteiger partial charge in [0.2, 0.25) is 5.89 Å². The average molecular weight is 393 g/mol. The Morgan fingerprint density at radius 1 is 1.14 bits per heavy atom. The molecular formula is C22H20FN3OS. The third-order valence-electron chi connectivity index (χ3n) is 5.21. The van der Waals surface area contributed by atoms with Gasteiger partial charge in [-0.15, -0.1) is 11.3 Å². The highest BCUT2D eigenvalue weighted by Gasteiger charge is 2.25. The van der Waals surface area contributed by atoms with E-state index < -0.39 is 0 Å². The normalized spacial score (nSPS) is 18.0. The van der Waals surface area contributed by atoms with Gasteiger partial charge in [-0.2, -0.15) is 0 Å². The van der Waals surface area contributed by atoms with Crippen LogP contribution in [0.5, 0.6) is 0 Å². The van der Waals surface area contributed by atoms with Crippen molar-refractivity contribution in [2.24, 2.45) is 0 Å². The first-order valence-electron chi connectivity index (χ1n) is 9.53. The number of oxazole rings is 1. The summed E-state index contributed by atoms with van der Waals surface area (Å²) in [6.07, 6.45) is 4.03. The van der Waals surface area contributed by atoms with E-state index in [1.165, 1.54) is 28.3 Å². The molecule has 2 aromatic carbocycles. The van der Waals surface area contributed by atoms with Gasteiger partial charge in [0, 0.05) is 18.0 Å². The largest absolute Gasteiger partial charge is 0.439 e. The summed E-state index contributed by atoms with van der Waals surface area (Å²) < 4.78 is 20.3. The van der Waals surface area contributed by atoms with Crippen LogP contribution in [0.1, 0.15) is 29.7 Å². The molecule has 1 fully saturated rings. The van der Waals surface area contributed by atoms with E-state index in [-0.39, 0.29) is 5.82 Å². The van der Waals surface area contributed by atoms with E-state index in [1.807, 2.05) is 17.4 Å². The maximum Gasteiger partial charge on any atom is 0.209 e. The van der Waals surface area contributed by atoms with E-state index in [1.54, 1.807) is 18.3 Å². The monoisotopic (exact) mass is 393 g/mol. The first-order chi connectivity index (χ1) is 13.7. The number of fused-ring (bicyclic) bond motifs is 1. The van der Waals surface area contributed by atoms with E-state index in [9.17, 15) is 4.39 Å². The van der Waals surface area contributed by atoms with Crippen molar-refractivity contribution in [3.8, 4) is 11.3 Å². The molecule has 6 heteroatoms. The molecule has 4 nitrogen and oxygen atoms in total. The number of nitrogens with zero attached hydrogens (tertiary/aromatic N) is 3. The van der Waals surface area contributed by atoms with Crippen molar-refractivity contribution in [2.75, 3.05) is 13.1 Å². The Hall–Kier alpha value is -2.57. The highest BCUT2D eigenvalue weighted by molar-refractivity contribution is 7.18. The van der Waals surface area contributed by atoms with Crippen LogP contribution in [0.2, 0.25) is 0 Å². The third kappa shape index (κ3) is 3.57. The zero-order valence-corrected chi connectivity index (χ0v) is 16.2. The zero-order valence-electron chi connectivity index (χ0n) is 15.3. The van der Waals surface area contributed by atoms with Gasteiger partial charge < -0.3 is 4.42 Å². The Kier molecular flexibility index (Phi) is 4.66. The second-order valence-corrected chi connectivity index (χ2v) is 8.28. The molecule has 0 saturated carbocycles. The van der Waals surface area contributed by atoms with Crippen LogP contribution in [-0.4, -0.2) is 28.0 Å². The van der Waals surface area contributed by atoms with Gasteiger partial charge in [0.25, 0.3) is 0 Å². The Morgan fingerprint density at radius 3 is 2.86 bits per heavy atom. The minimum absolute atomic E-state index is 0.252. The van der Waals surface area contributed by atoms with Gasteiger partial charge >= 0.3 is 0 Å². The molecule has 3 heterocycles. The molecule has 0 spiro atoms. The molecule has 2 aromatic heterocycles. The van der Waals surface area contributed by atoms with Gasteiger partial charge in [0.05, 0.1) is 28.0 Å². The summed E-state index contributed by atoms with van der Waals surface area (Å²) in [6, 6.07) is 14.6. The number of benzene rings is 2. The number of hydrogen-bond acceptors (Lipinski definition) is 5. The van der Waals surface area contributed by atoms with Crippen LogP contribution in [0, 0.1) is 5.82 Å². The van der Waals surface area contributed by atoms with Crippen LogP contribution in [-0.2, 0) is 6.54 Å². The quantitative estimate of drug-likeness (QED) is 0.461. The molecule has 0 N–H and O–H groups in total. The summed E-state index contributed by atoms with van der Waals surface area (Å²) in [5.74, 6) is 1.58. The van der Waals surface area contributed by atoms with Crippen molar-refractivity contribution in [1.29, 1.82) is 0 Å². The van der Waals surface area contributed by atoms with Gasteiger partial charge in [-0.25, -0.2) is 14.4 Å². The van der Waals surface area contributed by atoms with Crippen molar-refractivity contribution >= 4 is 21.6 Å². The maximum absolute atomic E-state index is 13.1. The Labute approximate surface area is 166 Å². The first-order valence-corrected chi connectivity index (χ1v) is 10.3. The molecule has 4 aromatic rings. The summed E-state index contributed by atoms with van der Waals surface area (Å²) in [4.78, 5) is 11.7. The minimum Gasteiger partial charge on any atom is -0.439 e. The number of rotatable bonds is 4. The van der Waals surface area contributed by atoms with Crippen LogP contribution < -0.4 is 0 Å². The van der Waals surface area contributed by atoms with Gasteiger partial charge in [-0.05, 0) is 55.8 Å². The number of aromatic nitrogens is 2. The van der Waals surface area contributed by atoms with Crippen molar-refractivity contribution < 1.29 is 8.81 Å². The van der Waals surface area contributed by atoms with Crippen molar-refractivity contribution in [3.63, 3.8) is 0 Å². The molecule has 1 aliphatic rings. The van der Waals surface area contributed by atoms with Crippen LogP contribution in [0.3, 0.4) is 0 Å². The fraction of sp³-hybridized carbons (Fsp3) is 0.273. The summed E-state index contributed by atoms with van der Waals surface area (Å²) in [5.41, 5.74) is 1.93. The summed E-state index contributed by atoms with van der Waals surface area (Å²) in [7, 11) is 0. The van der Waals surface area contributed by atoms with Crippen LogP contribution in [0.25, 0.3) is 21.5 Å². The molecule has 1 aliphatic heterocycles. The number of likely N-dealkylation sites (tertiary alicyclic amines) is 1. The highest BCUT2D eigenvalue weighted by Crippen LogP contribution is 2.33. The third-order valence-corrected chi connectivity index (χ3v) is 6.41. The predicted molar refractivity (Wildman–Crippen MR) is 109 cm³/mol. The standard InChI is InChI=1S/C22H20FN3OS/c23-17-9-7-15(8-10-17)19-12-24-21(27-19)14-26-11-3-4-16(13-26)22-25-18-5-1-2-6-20(18)28-22/h1-2,5-10,12,16H,3-4,11,13-14H2/t16-/m1/s1. The van der Waals surface area contributed by atoms with Crippen molar-refractivity contribution in [2.45, 2.75) is 25.3 Å². The lowest BCUT2D eigenvalue weighted by Crippen LogP contribution is -2.33. The number of halogens is 1. The van der Waals surface area contributed by atoms with E-state index in [4.69, 9.17) is 9.40 Å². The number of thiazole rings is 1. The molecule has 0 unspecified atom stereocenters. The second kappa shape index (κ2) is 7.45. The lowest BCUT2D eigenvalue weighted by atomic mass is 9.99. The Morgan fingerprint density at radius 2 is 2.00 bits per heavy atom. The molecule has 1 saturated heterocycles. The first kappa shape index (κ1) is 17.5. The van der Waals surface area contributed by atoms with Gasteiger partial charge in [-0.1, -0.05) is 12.1 Å². The topological polar surface area (TPSA) is 42.2 Å². The molecule has 0 radical (unpaired) electrons. The van der Waals surface area contributed by atoms with Crippen molar-refractivity contribution in [1.82, 2.24) is 14.9 Å². The fourth-order valence-corrected chi connectivity index (χ4v) is 4.88. The molecule has 0 aliphatic carbocycles. The number of para-hydroxylation sites is 1. The summed E-state index contributed by atoms with van der Waals surface area (Å²) in [5, 5.41) is 1.23. The lowest BCUT2D eigenvalue weighted by molar-refractivity contribution is 0.184. The fourth-order valence-electron chi connectivity index (χ4n) is 3.79. The second-order valence-electron chi connectivity index (χ2n) is 7.22. The molecule has 28 heavy (non-hydrogen) atoms. The smallest absolute Gasteiger partial charge is 0.209 e. The maximum atomic E-state index is 13.1. The van der Waals surface area contributed by atoms with Crippen LogP contribution >= 0.6 is 11.3 Å².